The van der Waals surface area contributed by atoms with E-state index in [-0.39, 0.29) is 18.3 Å². The van der Waals surface area contributed by atoms with Crippen LogP contribution in [0.2, 0.25) is 0 Å². The molecule has 2 aromatic carbocycles. The Morgan fingerprint density at radius 3 is 2.30 bits per heavy atom. The molecule has 2 rings (SSSR count). The summed E-state index contributed by atoms with van der Waals surface area (Å²) >= 11 is 0. The van der Waals surface area contributed by atoms with Gasteiger partial charge in [0.25, 0.3) is 5.91 Å². The van der Waals surface area contributed by atoms with E-state index in [4.69, 9.17) is 9.47 Å². The number of benzene rings is 2. The molecule has 0 aliphatic carbocycles. The van der Waals surface area contributed by atoms with Crippen molar-refractivity contribution >= 4 is 17.6 Å². The van der Waals surface area contributed by atoms with Crippen LogP contribution >= 0.6 is 0 Å². The van der Waals surface area contributed by atoms with Gasteiger partial charge in [0.15, 0.2) is 6.61 Å². The topological polar surface area (TPSA) is 64.6 Å². The minimum atomic E-state index is -0.409. The molecule has 5 nitrogen and oxygen atoms in total. The largest absolute Gasteiger partial charge is 0.484 e. The predicted octanol–water partition coefficient (Wildman–Crippen LogP) is 3.02. The summed E-state index contributed by atoms with van der Waals surface area (Å²) in [5.41, 5.74) is 0.896. The molecule has 0 unspecified atom stereocenters. The van der Waals surface area contributed by atoms with Crippen molar-refractivity contribution in [2.24, 2.45) is 0 Å². The first-order valence-corrected chi connectivity index (χ1v) is 7.04. The molecule has 6 heteroatoms. The van der Waals surface area contributed by atoms with E-state index in [1.165, 1.54) is 24.3 Å². The Balaban J connectivity index is 1.84. The van der Waals surface area contributed by atoms with Crippen LogP contribution in [-0.4, -0.2) is 25.1 Å². The van der Waals surface area contributed by atoms with Gasteiger partial charge < -0.3 is 14.8 Å². The van der Waals surface area contributed by atoms with Gasteiger partial charge in [-0.3, -0.25) is 4.79 Å². The van der Waals surface area contributed by atoms with Crippen molar-refractivity contribution in [2.75, 3.05) is 18.5 Å². The van der Waals surface area contributed by atoms with Crippen molar-refractivity contribution in [1.82, 2.24) is 0 Å². The van der Waals surface area contributed by atoms with Crippen LogP contribution in [-0.2, 0) is 9.53 Å². The second-order valence-electron chi connectivity index (χ2n) is 4.59. The van der Waals surface area contributed by atoms with Crippen molar-refractivity contribution in [3.8, 4) is 5.75 Å². The van der Waals surface area contributed by atoms with Gasteiger partial charge in [0, 0.05) is 5.69 Å². The maximum atomic E-state index is 12.8. The predicted molar refractivity (Wildman–Crippen MR) is 82.9 cm³/mol. The summed E-state index contributed by atoms with van der Waals surface area (Å²) in [5.74, 6) is -0.701. The molecule has 0 radical (unpaired) electrons. The average molecular weight is 317 g/mol. The van der Waals surface area contributed by atoms with Gasteiger partial charge >= 0.3 is 5.97 Å². The van der Waals surface area contributed by atoms with Crippen LogP contribution in [0.4, 0.5) is 10.1 Å². The number of carbonyl (C=O) groups excluding carboxylic acids is 2. The molecule has 23 heavy (non-hydrogen) atoms. The van der Waals surface area contributed by atoms with Gasteiger partial charge in [0.2, 0.25) is 0 Å². The second-order valence-corrected chi connectivity index (χ2v) is 4.59. The summed E-state index contributed by atoms with van der Waals surface area (Å²) < 4.78 is 23.0. The molecule has 0 aromatic heterocycles. The van der Waals surface area contributed by atoms with E-state index >= 15 is 0 Å². The van der Waals surface area contributed by atoms with E-state index < -0.39 is 5.97 Å². The Kier molecular flexibility index (Phi) is 5.68. The van der Waals surface area contributed by atoms with Gasteiger partial charge in [0.1, 0.15) is 11.6 Å². The third-order valence-corrected chi connectivity index (χ3v) is 2.86. The highest BCUT2D eigenvalue weighted by Crippen LogP contribution is 2.13. The van der Waals surface area contributed by atoms with E-state index in [2.05, 4.69) is 5.32 Å². The Hall–Kier alpha value is -2.89. The third-order valence-electron chi connectivity index (χ3n) is 2.86. The number of ether oxygens (including phenoxy) is 2. The molecule has 0 bridgehead atoms. The highest BCUT2D eigenvalue weighted by atomic mass is 19.1. The minimum absolute atomic E-state index is 0.198. The quantitative estimate of drug-likeness (QED) is 0.832. The molecule has 1 amide bonds. The number of amides is 1. The zero-order valence-corrected chi connectivity index (χ0v) is 12.5. The number of hydrogen-bond acceptors (Lipinski definition) is 4. The lowest BCUT2D eigenvalue weighted by atomic mass is 10.2. The average Bonchev–Trinajstić information content (AvgIpc) is 2.56. The molecule has 0 saturated heterocycles. The summed E-state index contributed by atoms with van der Waals surface area (Å²) in [5, 5.41) is 2.58. The van der Waals surface area contributed by atoms with Gasteiger partial charge in [0.05, 0.1) is 12.2 Å². The summed E-state index contributed by atoms with van der Waals surface area (Å²) in [4.78, 5) is 23.2. The van der Waals surface area contributed by atoms with Crippen LogP contribution in [0.3, 0.4) is 0 Å². The number of rotatable bonds is 6. The maximum absolute atomic E-state index is 12.8. The van der Waals surface area contributed by atoms with Crippen LogP contribution in [0.1, 0.15) is 17.3 Å². The molecule has 1 N–H and O–H groups in total. The molecule has 0 heterocycles. The number of halogens is 1. The molecule has 0 saturated carbocycles. The number of esters is 1. The number of hydrogen-bond donors (Lipinski definition) is 1. The van der Waals surface area contributed by atoms with E-state index in [0.29, 0.717) is 23.6 Å². The van der Waals surface area contributed by atoms with Crippen molar-refractivity contribution < 1.29 is 23.5 Å². The zero-order valence-electron chi connectivity index (χ0n) is 12.5. The van der Waals surface area contributed by atoms with Gasteiger partial charge in [-0.05, 0) is 55.5 Å². The lowest BCUT2D eigenvalue weighted by Crippen LogP contribution is -2.20. The summed E-state index contributed by atoms with van der Waals surface area (Å²) in [6.07, 6.45) is 0. The third kappa shape index (κ3) is 5.10. The Morgan fingerprint density at radius 2 is 1.70 bits per heavy atom. The van der Waals surface area contributed by atoms with Gasteiger partial charge in [-0.1, -0.05) is 0 Å². The monoisotopic (exact) mass is 317 g/mol. The highest BCUT2D eigenvalue weighted by Gasteiger charge is 2.07. The Labute approximate surface area is 133 Å². The molecular weight excluding hydrogens is 301 g/mol. The molecule has 0 spiro atoms. The summed E-state index contributed by atoms with van der Waals surface area (Å²) in [6, 6.07) is 11.7. The Morgan fingerprint density at radius 1 is 1.04 bits per heavy atom. The number of carbonyl (C=O) groups is 2. The first kappa shape index (κ1) is 16.5. The van der Waals surface area contributed by atoms with Crippen LogP contribution in [0.5, 0.6) is 5.75 Å². The van der Waals surface area contributed by atoms with Crippen molar-refractivity contribution in [3.05, 3.63) is 59.9 Å². The summed E-state index contributed by atoms with van der Waals surface area (Å²) in [6.45, 7) is 1.84. The fourth-order valence-electron chi connectivity index (χ4n) is 1.78. The fourth-order valence-corrected chi connectivity index (χ4v) is 1.78. The number of nitrogens with one attached hydrogen (secondary N) is 1. The van der Waals surface area contributed by atoms with E-state index in [0.717, 1.165) is 0 Å². The van der Waals surface area contributed by atoms with E-state index in [1.807, 2.05) is 0 Å². The van der Waals surface area contributed by atoms with Gasteiger partial charge in [-0.2, -0.15) is 0 Å². The minimum Gasteiger partial charge on any atom is -0.484 e. The normalized spacial score (nSPS) is 10.0. The SMILES string of the molecule is CCOC(=O)c1ccc(OCC(=O)Nc2ccc(F)cc2)cc1. The van der Waals surface area contributed by atoms with Crippen LogP contribution in [0, 0.1) is 5.82 Å². The van der Waals surface area contributed by atoms with Crippen LogP contribution in [0.25, 0.3) is 0 Å². The van der Waals surface area contributed by atoms with Gasteiger partial charge in [-0.25, -0.2) is 9.18 Å². The molecule has 0 fully saturated rings. The first-order valence-electron chi connectivity index (χ1n) is 7.04. The standard InChI is InChI=1S/C17H16FNO4/c1-2-22-17(21)12-3-9-15(10-4-12)23-11-16(20)19-14-7-5-13(18)6-8-14/h3-10H,2,11H2,1H3,(H,19,20). The van der Waals surface area contributed by atoms with Crippen LogP contribution < -0.4 is 10.1 Å². The van der Waals surface area contributed by atoms with Crippen LogP contribution in [0.15, 0.2) is 48.5 Å². The maximum Gasteiger partial charge on any atom is 0.338 e. The number of anilines is 1. The van der Waals surface area contributed by atoms with E-state index in [9.17, 15) is 14.0 Å². The molecular formula is C17H16FNO4. The molecule has 0 aliphatic heterocycles. The lowest BCUT2D eigenvalue weighted by molar-refractivity contribution is -0.118. The van der Waals surface area contributed by atoms with Crippen molar-refractivity contribution in [1.29, 1.82) is 0 Å². The molecule has 0 aliphatic rings. The van der Waals surface area contributed by atoms with Gasteiger partial charge in [-0.15, -0.1) is 0 Å². The lowest BCUT2D eigenvalue weighted by Gasteiger charge is -2.08. The molecule has 2 aromatic rings. The summed E-state index contributed by atoms with van der Waals surface area (Å²) in [7, 11) is 0. The van der Waals surface area contributed by atoms with E-state index in [1.54, 1.807) is 31.2 Å². The highest BCUT2D eigenvalue weighted by molar-refractivity contribution is 5.92. The first-order chi connectivity index (χ1) is 11.1. The van der Waals surface area contributed by atoms with Crippen molar-refractivity contribution in [3.63, 3.8) is 0 Å². The molecule has 0 atom stereocenters. The van der Waals surface area contributed by atoms with Crippen molar-refractivity contribution in [2.45, 2.75) is 6.92 Å². The smallest absolute Gasteiger partial charge is 0.338 e. The second kappa shape index (κ2) is 7.93. The zero-order chi connectivity index (χ0) is 16.7. The Bertz CT molecular complexity index is 668. The molecule has 120 valence electrons. The fraction of sp³-hybridized carbons (Fsp3) is 0.176.